The number of carbonyl (C=O) groups excluding carboxylic acids is 1. The molecule has 0 radical (unpaired) electrons. The molecule has 4 rings (SSSR count). The van der Waals surface area contributed by atoms with E-state index in [0.717, 1.165) is 36.5 Å². The molecule has 1 aromatic heterocycles. The number of nitrogens with one attached hydrogen (secondary N) is 2. The third kappa shape index (κ3) is 5.77. The first-order valence-electron chi connectivity index (χ1n) is 9.51. The Hall–Kier alpha value is -2.45. The van der Waals surface area contributed by atoms with E-state index >= 15 is 0 Å². The second-order valence-electron chi connectivity index (χ2n) is 6.87. The molecule has 2 N–H and O–H groups in total. The van der Waals surface area contributed by atoms with Crippen LogP contribution in [0.15, 0.2) is 58.9 Å². The van der Waals surface area contributed by atoms with Crippen molar-refractivity contribution in [3.63, 3.8) is 0 Å². The van der Waals surface area contributed by atoms with Gasteiger partial charge in [-0.25, -0.2) is 4.39 Å². The summed E-state index contributed by atoms with van der Waals surface area (Å²) in [4.78, 5) is 12.7. The van der Waals surface area contributed by atoms with Crippen LogP contribution in [-0.2, 0) is 11.2 Å². The molecule has 1 saturated carbocycles. The number of thioether (sulfide) groups is 1. The fourth-order valence-electron chi connectivity index (χ4n) is 2.80. The molecule has 0 spiro atoms. The number of carbonyl (C=O) groups is 1. The summed E-state index contributed by atoms with van der Waals surface area (Å²) in [7, 11) is 0. The highest BCUT2D eigenvalue weighted by atomic mass is 32.2. The molecule has 5 nitrogen and oxygen atoms in total. The summed E-state index contributed by atoms with van der Waals surface area (Å²) in [5.41, 5.74) is 2.01. The lowest BCUT2D eigenvalue weighted by Gasteiger charge is -2.15. The zero-order valence-electron chi connectivity index (χ0n) is 15.7. The lowest BCUT2D eigenvalue weighted by atomic mass is 10.1. The topological polar surface area (TPSA) is 66.9 Å². The van der Waals surface area contributed by atoms with E-state index < -0.39 is 5.25 Å². The third-order valence-corrected chi connectivity index (χ3v) is 6.71. The van der Waals surface area contributed by atoms with Crippen molar-refractivity contribution >= 4 is 34.1 Å². The molecule has 1 unspecified atom stereocenters. The zero-order chi connectivity index (χ0) is 20.1. The van der Waals surface area contributed by atoms with E-state index in [4.69, 9.17) is 0 Å². The number of hydrogen-bond acceptors (Lipinski definition) is 6. The van der Waals surface area contributed by atoms with Gasteiger partial charge in [0.15, 0.2) is 4.34 Å². The van der Waals surface area contributed by atoms with Crippen molar-refractivity contribution in [2.75, 3.05) is 11.9 Å². The molecule has 3 aromatic rings. The summed E-state index contributed by atoms with van der Waals surface area (Å²) < 4.78 is 14.0. The van der Waals surface area contributed by atoms with Gasteiger partial charge in [-0.2, -0.15) is 0 Å². The van der Waals surface area contributed by atoms with Crippen molar-refractivity contribution in [1.82, 2.24) is 15.5 Å². The predicted octanol–water partition coefficient (Wildman–Crippen LogP) is 4.44. The van der Waals surface area contributed by atoms with E-state index in [1.807, 2.05) is 18.2 Å². The number of anilines is 1. The van der Waals surface area contributed by atoms with Crippen molar-refractivity contribution in [2.45, 2.75) is 34.9 Å². The second-order valence-corrected chi connectivity index (χ2v) is 9.20. The van der Waals surface area contributed by atoms with E-state index in [2.05, 4.69) is 33.0 Å². The molecule has 1 heterocycles. The molecular formula is C21H21FN4OS2. The summed E-state index contributed by atoms with van der Waals surface area (Å²) in [6.45, 7) is 0.757. The quantitative estimate of drug-likeness (QED) is 0.493. The van der Waals surface area contributed by atoms with E-state index in [1.54, 1.807) is 12.1 Å². The minimum Gasteiger partial charge on any atom is -0.360 e. The maximum absolute atomic E-state index is 13.3. The van der Waals surface area contributed by atoms with Gasteiger partial charge in [0.2, 0.25) is 11.0 Å². The van der Waals surface area contributed by atoms with Crippen LogP contribution in [0.5, 0.6) is 0 Å². The zero-order valence-corrected chi connectivity index (χ0v) is 17.3. The predicted molar refractivity (Wildman–Crippen MR) is 115 cm³/mol. The average Bonchev–Trinajstić information content (AvgIpc) is 3.44. The van der Waals surface area contributed by atoms with Crippen LogP contribution in [-0.4, -0.2) is 28.7 Å². The first-order chi connectivity index (χ1) is 14.2. The third-order valence-electron chi connectivity index (χ3n) is 4.49. The van der Waals surface area contributed by atoms with Crippen molar-refractivity contribution < 1.29 is 9.18 Å². The molecule has 1 aliphatic rings. The van der Waals surface area contributed by atoms with Crippen LogP contribution in [0, 0.1) is 5.82 Å². The normalized spacial score (nSPS) is 14.4. The second kappa shape index (κ2) is 9.37. The van der Waals surface area contributed by atoms with Gasteiger partial charge in [-0.05, 0) is 42.5 Å². The SMILES string of the molecule is O=C(NC1CC1)C(Sc1nnc(NCCc2ccccc2)s1)c1ccc(F)cc1. The Morgan fingerprint density at radius 3 is 2.62 bits per heavy atom. The van der Waals surface area contributed by atoms with Crippen molar-refractivity contribution in [1.29, 1.82) is 0 Å². The summed E-state index contributed by atoms with van der Waals surface area (Å²) >= 11 is 2.77. The van der Waals surface area contributed by atoms with Gasteiger partial charge in [-0.1, -0.05) is 65.6 Å². The molecule has 8 heteroatoms. The summed E-state index contributed by atoms with van der Waals surface area (Å²) in [6, 6.07) is 16.6. The van der Waals surface area contributed by atoms with Crippen LogP contribution >= 0.6 is 23.1 Å². The lowest BCUT2D eigenvalue weighted by Crippen LogP contribution is -2.29. The first kappa shape index (κ1) is 19.8. The lowest BCUT2D eigenvalue weighted by molar-refractivity contribution is -0.120. The highest BCUT2D eigenvalue weighted by Crippen LogP contribution is 2.38. The Morgan fingerprint density at radius 1 is 1.14 bits per heavy atom. The molecular weight excluding hydrogens is 407 g/mol. The Labute approximate surface area is 177 Å². The van der Waals surface area contributed by atoms with Crippen LogP contribution in [0.3, 0.4) is 0 Å². The Balaban J connectivity index is 1.39. The number of aromatic nitrogens is 2. The highest BCUT2D eigenvalue weighted by molar-refractivity contribution is 8.01. The fourth-order valence-corrected chi connectivity index (χ4v) is 4.78. The standard InChI is InChI=1S/C21H21FN4OS2/c22-16-8-6-15(7-9-16)18(19(27)24-17-10-11-17)28-21-26-25-20(29-21)23-13-12-14-4-2-1-3-5-14/h1-9,17-18H,10-13H2,(H,23,25)(H,24,27). The van der Waals surface area contributed by atoms with Gasteiger partial charge in [0.05, 0.1) is 0 Å². The number of amides is 1. The number of hydrogen-bond donors (Lipinski definition) is 2. The summed E-state index contributed by atoms with van der Waals surface area (Å²) in [5.74, 6) is -0.390. The molecule has 29 heavy (non-hydrogen) atoms. The first-order valence-corrected chi connectivity index (χ1v) is 11.2. The van der Waals surface area contributed by atoms with Gasteiger partial charge in [0.25, 0.3) is 0 Å². The molecule has 150 valence electrons. The number of benzene rings is 2. The van der Waals surface area contributed by atoms with Crippen LogP contribution in [0.4, 0.5) is 9.52 Å². The summed E-state index contributed by atoms with van der Waals surface area (Å²) in [6.07, 6.45) is 2.92. The van der Waals surface area contributed by atoms with Crippen LogP contribution < -0.4 is 10.6 Å². The molecule has 2 aromatic carbocycles. The number of halogens is 1. The van der Waals surface area contributed by atoms with E-state index in [0.29, 0.717) is 4.34 Å². The fraction of sp³-hybridized carbons (Fsp3) is 0.286. The molecule has 0 aliphatic heterocycles. The van der Waals surface area contributed by atoms with Crippen LogP contribution in [0.2, 0.25) is 0 Å². The maximum atomic E-state index is 13.3. The minimum atomic E-state index is -0.485. The molecule has 0 saturated heterocycles. The van der Waals surface area contributed by atoms with Crippen LogP contribution in [0.25, 0.3) is 0 Å². The van der Waals surface area contributed by atoms with Gasteiger partial charge in [0, 0.05) is 12.6 Å². The smallest absolute Gasteiger partial charge is 0.238 e. The minimum absolute atomic E-state index is 0.0714. The Morgan fingerprint density at radius 2 is 1.90 bits per heavy atom. The monoisotopic (exact) mass is 428 g/mol. The number of nitrogens with zero attached hydrogens (tertiary/aromatic N) is 2. The van der Waals surface area contributed by atoms with Gasteiger partial charge >= 0.3 is 0 Å². The molecule has 1 atom stereocenters. The van der Waals surface area contributed by atoms with Crippen molar-refractivity contribution in [2.24, 2.45) is 0 Å². The van der Waals surface area contributed by atoms with E-state index in [9.17, 15) is 9.18 Å². The Bertz CT molecular complexity index is 945. The molecule has 0 bridgehead atoms. The largest absolute Gasteiger partial charge is 0.360 e. The average molecular weight is 429 g/mol. The van der Waals surface area contributed by atoms with Crippen molar-refractivity contribution in [3.05, 3.63) is 71.5 Å². The van der Waals surface area contributed by atoms with Gasteiger partial charge in [-0.3, -0.25) is 4.79 Å². The molecule has 1 amide bonds. The molecule has 1 aliphatic carbocycles. The van der Waals surface area contributed by atoms with Gasteiger partial charge < -0.3 is 10.6 Å². The Kier molecular flexibility index (Phi) is 6.41. The highest BCUT2D eigenvalue weighted by Gasteiger charge is 2.30. The van der Waals surface area contributed by atoms with E-state index in [1.165, 1.54) is 40.8 Å². The molecule has 1 fully saturated rings. The number of rotatable bonds is 9. The van der Waals surface area contributed by atoms with Crippen molar-refractivity contribution in [3.8, 4) is 0 Å². The van der Waals surface area contributed by atoms with Crippen LogP contribution in [0.1, 0.15) is 29.2 Å². The van der Waals surface area contributed by atoms with Gasteiger partial charge in [0.1, 0.15) is 11.1 Å². The summed E-state index contributed by atoms with van der Waals surface area (Å²) in [5, 5.41) is 15.0. The maximum Gasteiger partial charge on any atom is 0.238 e. The van der Waals surface area contributed by atoms with E-state index in [-0.39, 0.29) is 17.8 Å². The van der Waals surface area contributed by atoms with Gasteiger partial charge in [-0.15, -0.1) is 10.2 Å².